The molecule has 296 valence electrons. The predicted octanol–water partition coefficient (Wildman–Crippen LogP) is 7.34. The maximum Gasteiger partial charge on any atom is 0.417 e. The maximum atomic E-state index is 13.5. The van der Waals surface area contributed by atoms with Crippen molar-refractivity contribution >= 4 is 21.6 Å². The van der Waals surface area contributed by atoms with Gasteiger partial charge in [0.05, 0.1) is 31.5 Å². The summed E-state index contributed by atoms with van der Waals surface area (Å²) in [5.74, 6) is -1.53. The van der Waals surface area contributed by atoms with Crippen molar-refractivity contribution in [3.05, 3.63) is 113 Å². The van der Waals surface area contributed by atoms with Crippen molar-refractivity contribution in [3.8, 4) is 39.8 Å². The van der Waals surface area contributed by atoms with Crippen molar-refractivity contribution in [1.82, 2.24) is 24.1 Å². The van der Waals surface area contributed by atoms with E-state index in [0.29, 0.717) is 11.6 Å². The minimum Gasteiger partial charge on any atom is -0.491 e. The zero-order valence-corrected chi connectivity index (χ0v) is 29.9. The molecular weight excluding hydrogens is 784 g/mol. The molecule has 3 heterocycles. The van der Waals surface area contributed by atoms with E-state index < -0.39 is 63.1 Å². The van der Waals surface area contributed by atoms with Gasteiger partial charge < -0.3 is 18.8 Å². The SMILES string of the molecule is COc1cnc(OC)n2nc(NS(=O)(=O)c3c(OCC(F)F)cccc3C(F)(F)F)nc12.Cn1cc(-c2ccccc2)c(=O)c(-c2cccc(C(F)(F)F)c2)c1. The number of nitrogens with one attached hydrogen (secondary N) is 1. The molecular formula is C35H28F8N6O6S. The summed E-state index contributed by atoms with van der Waals surface area (Å²) in [5.41, 5.74) is -1.08. The Morgan fingerprint density at radius 3 is 2.07 bits per heavy atom. The van der Waals surface area contributed by atoms with Crippen LogP contribution in [0.2, 0.25) is 0 Å². The van der Waals surface area contributed by atoms with E-state index in [4.69, 9.17) is 9.47 Å². The molecule has 0 fully saturated rings. The number of fused-ring (bicyclic) bond motifs is 1. The summed E-state index contributed by atoms with van der Waals surface area (Å²) in [4.78, 5) is 19.1. The van der Waals surface area contributed by atoms with Gasteiger partial charge in [-0.1, -0.05) is 48.5 Å². The summed E-state index contributed by atoms with van der Waals surface area (Å²) in [5, 5.41) is 3.80. The minimum absolute atomic E-state index is 0.0559. The van der Waals surface area contributed by atoms with E-state index in [1.165, 1.54) is 32.5 Å². The number of pyridine rings is 1. The fraction of sp³-hybridized carbons (Fsp3) is 0.200. The molecule has 0 saturated carbocycles. The fourth-order valence-corrected chi connectivity index (χ4v) is 6.50. The van der Waals surface area contributed by atoms with Crippen molar-refractivity contribution in [2.75, 3.05) is 25.5 Å². The van der Waals surface area contributed by atoms with Gasteiger partial charge in [0, 0.05) is 30.6 Å². The van der Waals surface area contributed by atoms with Gasteiger partial charge in [-0.25, -0.2) is 21.9 Å². The van der Waals surface area contributed by atoms with Gasteiger partial charge in [0.15, 0.2) is 11.2 Å². The topological polar surface area (TPSA) is 139 Å². The molecule has 0 unspecified atom stereocenters. The molecule has 0 aliphatic heterocycles. The Balaban J connectivity index is 0.000000223. The van der Waals surface area contributed by atoms with Crippen molar-refractivity contribution in [3.63, 3.8) is 0 Å². The molecule has 0 radical (unpaired) electrons. The van der Waals surface area contributed by atoms with Crippen LogP contribution in [0.5, 0.6) is 17.5 Å². The minimum atomic E-state index is -5.14. The predicted molar refractivity (Wildman–Crippen MR) is 185 cm³/mol. The second-order valence-electron chi connectivity index (χ2n) is 11.4. The van der Waals surface area contributed by atoms with E-state index in [2.05, 4.69) is 19.8 Å². The molecule has 0 amide bonds. The van der Waals surface area contributed by atoms with Gasteiger partial charge in [-0.15, -0.1) is 5.10 Å². The summed E-state index contributed by atoms with van der Waals surface area (Å²) in [6.45, 7) is -1.32. The molecule has 1 N–H and O–H groups in total. The zero-order chi connectivity index (χ0) is 41.0. The molecule has 3 aromatic carbocycles. The molecule has 12 nitrogen and oxygen atoms in total. The van der Waals surface area contributed by atoms with Gasteiger partial charge >= 0.3 is 18.4 Å². The molecule has 21 heteroatoms. The lowest BCUT2D eigenvalue weighted by molar-refractivity contribution is -0.140. The van der Waals surface area contributed by atoms with Gasteiger partial charge in [-0.2, -0.15) is 40.8 Å². The number of nitrogens with zero attached hydrogens (tertiary/aromatic N) is 5. The van der Waals surface area contributed by atoms with Crippen LogP contribution in [0, 0.1) is 0 Å². The summed E-state index contributed by atoms with van der Waals surface area (Å²) >= 11 is 0. The first-order valence-corrected chi connectivity index (χ1v) is 17.2. The molecule has 0 atom stereocenters. The van der Waals surface area contributed by atoms with Crippen LogP contribution in [0.3, 0.4) is 0 Å². The lowest BCUT2D eigenvalue weighted by atomic mass is 9.99. The van der Waals surface area contributed by atoms with Gasteiger partial charge in [0.1, 0.15) is 17.3 Å². The molecule has 0 aliphatic carbocycles. The molecule has 6 aromatic rings. The second kappa shape index (κ2) is 16.2. The average Bonchev–Trinajstić information content (AvgIpc) is 3.57. The Morgan fingerprint density at radius 2 is 1.46 bits per heavy atom. The number of aromatic nitrogens is 5. The van der Waals surface area contributed by atoms with E-state index in [1.54, 1.807) is 40.9 Å². The van der Waals surface area contributed by atoms with Crippen LogP contribution < -0.4 is 24.4 Å². The molecule has 0 bridgehead atoms. The Kier molecular flexibility index (Phi) is 11.9. The Hall–Kier alpha value is -6.25. The molecule has 0 spiro atoms. The number of hydrogen-bond donors (Lipinski definition) is 1. The summed E-state index contributed by atoms with van der Waals surface area (Å²) in [6.07, 6.45) is -8.22. The second-order valence-corrected chi connectivity index (χ2v) is 13.1. The number of aryl methyl sites for hydroxylation is 1. The lowest BCUT2D eigenvalue weighted by Crippen LogP contribution is -2.21. The molecule has 0 saturated heterocycles. The normalized spacial score (nSPS) is 11.9. The largest absolute Gasteiger partial charge is 0.491 e. The highest BCUT2D eigenvalue weighted by molar-refractivity contribution is 7.92. The van der Waals surface area contributed by atoms with Crippen molar-refractivity contribution < 1.29 is 57.8 Å². The van der Waals surface area contributed by atoms with Crippen LogP contribution in [0.1, 0.15) is 11.1 Å². The van der Waals surface area contributed by atoms with Crippen molar-refractivity contribution in [2.24, 2.45) is 7.05 Å². The first kappa shape index (κ1) is 40.9. The molecule has 3 aromatic heterocycles. The Labute approximate surface area is 312 Å². The standard InChI is InChI=1S/C19H14F3NO.C16H14F5N5O5S/c1-23-11-16(13-6-3-2-4-7-13)18(24)17(12-23)14-8-5-9-15(10-14)19(20,21)22;1-29-10-6-22-15(30-2)26-13(10)23-14(24-26)25-32(27,28)12-8(16(19,20)21)4-3-5-9(12)31-7-11(17)18/h2-12H,1H3;3-6,11H,7H2,1-2H3,(H,24,25). The van der Waals surface area contributed by atoms with Crippen LogP contribution >= 0.6 is 0 Å². The van der Waals surface area contributed by atoms with E-state index in [9.17, 15) is 48.3 Å². The molecule has 6 rings (SSSR count). The van der Waals surface area contributed by atoms with E-state index >= 15 is 0 Å². The number of sulfonamides is 1. The number of hydrogen-bond acceptors (Lipinski definition) is 9. The third-order valence-electron chi connectivity index (χ3n) is 7.59. The average molecular weight is 813 g/mol. The van der Waals surface area contributed by atoms with E-state index in [1.807, 2.05) is 18.2 Å². The van der Waals surface area contributed by atoms with Gasteiger partial charge in [0.25, 0.3) is 22.4 Å². The Morgan fingerprint density at radius 1 is 0.821 bits per heavy atom. The van der Waals surface area contributed by atoms with Crippen LogP contribution in [0.4, 0.5) is 41.1 Å². The van der Waals surface area contributed by atoms with Gasteiger partial charge in [0.2, 0.25) is 5.65 Å². The van der Waals surface area contributed by atoms with Crippen molar-refractivity contribution in [2.45, 2.75) is 23.7 Å². The summed E-state index contributed by atoms with van der Waals surface area (Å²) in [6, 6.07) is 15.9. The van der Waals surface area contributed by atoms with E-state index in [-0.39, 0.29) is 34.0 Å². The number of ether oxygens (including phenoxy) is 3. The highest BCUT2D eigenvalue weighted by Gasteiger charge is 2.40. The maximum absolute atomic E-state index is 13.5. The lowest BCUT2D eigenvalue weighted by Gasteiger charge is -2.17. The van der Waals surface area contributed by atoms with Crippen LogP contribution in [-0.2, 0) is 29.4 Å². The monoisotopic (exact) mass is 812 g/mol. The first-order valence-electron chi connectivity index (χ1n) is 15.7. The van der Waals surface area contributed by atoms with Crippen LogP contribution in [0.15, 0.2) is 101 Å². The Bertz CT molecular complexity index is 2470. The third-order valence-corrected chi connectivity index (χ3v) is 9.00. The highest BCUT2D eigenvalue weighted by Crippen LogP contribution is 2.40. The summed E-state index contributed by atoms with van der Waals surface area (Å²) < 4.78 is 149. The van der Waals surface area contributed by atoms with Crippen LogP contribution in [0.25, 0.3) is 27.9 Å². The van der Waals surface area contributed by atoms with Crippen LogP contribution in [-0.4, -0.2) is 59.8 Å². The van der Waals surface area contributed by atoms with Gasteiger partial charge in [-0.3, -0.25) is 4.79 Å². The molecule has 56 heavy (non-hydrogen) atoms. The quantitative estimate of drug-likeness (QED) is 0.141. The number of benzene rings is 3. The number of halogens is 8. The van der Waals surface area contributed by atoms with E-state index in [0.717, 1.165) is 34.3 Å². The zero-order valence-electron chi connectivity index (χ0n) is 29.1. The third kappa shape index (κ3) is 9.16. The fourth-order valence-electron chi connectivity index (χ4n) is 5.21. The van der Waals surface area contributed by atoms with Gasteiger partial charge in [-0.05, 0) is 35.4 Å². The highest BCUT2D eigenvalue weighted by atomic mass is 32.2. The number of methoxy groups -OCH3 is 2. The van der Waals surface area contributed by atoms with Crippen molar-refractivity contribution in [1.29, 1.82) is 0 Å². The summed E-state index contributed by atoms with van der Waals surface area (Å²) in [7, 11) is -0.820. The molecule has 0 aliphatic rings. The first-order chi connectivity index (χ1) is 26.3. The number of anilines is 1. The smallest absolute Gasteiger partial charge is 0.417 e. The number of rotatable bonds is 10. The number of alkyl halides is 8.